The Morgan fingerprint density at radius 1 is 1.12 bits per heavy atom. The second kappa shape index (κ2) is 8.40. The van der Waals surface area contributed by atoms with Crippen molar-refractivity contribution in [1.29, 1.82) is 0 Å². The van der Waals surface area contributed by atoms with Crippen LogP contribution in [-0.2, 0) is 47.7 Å². The van der Waals surface area contributed by atoms with Crippen molar-refractivity contribution in [3.05, 3.63) is 40.7 Å². The van der Waals surface area contributed by atoms with Crippen molar-refractivity contribution in [2.75, 3.05) is 22.8 Å². The highest BCUT2D eigenvalue weighted by atomic mass is 32.2. The molecule has 2 aromatic rings. The van der Waals surface area contributed by atoms with Gasteiger partial charge in [0.05, 0.1) is 17.9 Å². The van der Waals surface area contributed by atoms with Crippen LogP contribution in [0.2, 0.25) is 0 Å². The van der Waals surface area contributed by atoms with Gasteiger partial charge < -0.3 is 10.1 Å². The summed E-state index contributed by atoms with van der Waals surface area (Å²) in [5.41, 5.74) is 6.13. The van der Waals surface area contributed by atoms with E-state index in [0.717, 1.165) is 55.3 Å². The number of urea groups is 1. The van der Waals surface area contributed by atoms with E-state index in [1.165, 1.54) is 21.6 Å². The molecular formula is C22H29N5O4S. The molecule has 10 heteroatoms. The average molecular weight is 460 g/mol. The Labute approximate surface area is 188 Å². The fourth-order valence-electron chi connectivity index (χ4n) is 5.26. The van der Waals surface area contributed by atoms with Crippen molar-refractivity contribution in [2.45, 2.75) is 57.4 Å². The molecule has 1 fully saturated rings. The number of ether oxygens (including phenoxy) is 1. The topological polar surface area (TPSA) is 106 Å². The smallest absolute Gasteiger partial charge is 0.334 e. The molecule has 1 aromatic carbocycles. The molecule has 2 aliphatic carbocycles. The molecule has 2 heterocycles. The molecule has 3 aliphatic rings. The van der Waals surface area contributed by atoms with Crippen LogP contribution in [-0.4, -0.2) is 43.5 Å². The highest BCUT2D eigenvalue weighted by Crippen LogP contribution is 2.38. The van der Waals surface area contributed by atoms with Crippen molar-refractivity contribution >= 4 is 27.6 Å². The molecule has 172 valence electrons. The molecule has 5 rings (SSSR count). The summed E-state index contributed by atoms with van der Waals surface area (Å²) in [7, 11) is -2.42. The van der Waals surface area contributed by atoms with Gasteiger partial charge in [0.2, 0.25) is 0 Å². The summed E-state index contributed by atoms with van der Waals surface area (Å²) in [6.45, 7) is 0.955. The van der Waals surface area contributed by atoms with Crippen molar-refractivity contribution in [2.24, 2.45) is 7.05 Å². The monoisotopic (exact) mass is 459 g/mol. The van der Waals surface area contributed by atoms with Crippen LogP contribution in [0.4, 0.5) is 16.2 Å². The predicted octanol–water partition coefficient (Wildman–Crippen LogP) is 2.45. The Bertz CT molecular complexity index is 1110. The number of hydrogen-bond acceptors (Lipinski definition) is 5. The van der Waals surface area contributed by atoms with Crippen molar-refractivity contribution < 1.29 is 17.9 Å². The third-order valence-corrected chi connectivity index (χ3v) is 8.13. The lowest BCUT2D eigenvalue weighted by molar-refractivity contribution is 0.0875. The van der Waals surface area contributed by atoms with Gasteiger partial charge in [-0.3, -0.25) is 4.68 Å². The van der Waals surface area contributed by atoms with Gasteiger partial charge in [-0.25, -0.2) is 13.8 Å². The first kappa shape index (κ1) is 21.3. The molecule has 0 atom stereocenters. The van der Waals surface area contributed by atoms with Gasteiger partial charge in [-0.15, -0.1) is 0 Å². The number of benzene rings is 1. The zero-order valence-electron chi connectivity index (χ0n) is 18.3. The maximum absolute atomic E-state index is 13.4. The normalized spacial score (nSPS) is 18.3. The van der Waals surface area contributed by atoms with Crippen LogP contribution in [0.25, 0.3) is 0 Å². The quantitative estimate of drug-likeness (QED) is 0.715. The third kappa shape index (κ3) is 3.97. The number of rotatable bonds is 5. The molecule has 0 bridgehead atoms. The number of hydrogen-bond donors (Lipinski definition) is 2. The minimum absolute atomic E-state index is 0.302. The van der Waals surface area contributed by atoms with E-state index in [4.69, 9.17) is 4.74 Å². The van der Waals surface area contributed by atoms with E-state index in [0.29, 0.717) is 31.7 Å². The number of nitrogens with one attached hydrogen (secondary N) is 2. The second-order valence-electron chi connectivity index (χ2n) is 8.81. The number of aryl methyl sites for hydroxylation is 3. The molecule has 0 saturated carbocycles. The Hall–Kier alpha value is -2.59. The molecule has 9 nitrogen and oxygen atoms in total. The summed E-state index contributed by atoms with van der Waals surface area (Å²) < 4.78 is 37.3. The summed E-state index contributed by atoms with van der Waals surface area (Å²) in [6, 6.07) is 1.25. The van der Waals surface area contributed by atoms with Crippen LogP contribution in [0.15, 0.2) is 18.5 Å². The number of fused-ring (bicyclic) bond motifs is 2. The van der Waals surface area contributed by atoms with Gasteiger partial charge in [0, 0.05) is 32.1 Å². The van der Waals surface area contributed by atoms with E-state index < -0.39 is 16.2 Å². The first-order valence-corrected chi connectivity index (χ1v) is 12.7. The average Bonchev–Trinajstić information content (AvgIpc) is 3.49. The largest absolute Gasteiger partial charge is 0.381 e. The lowest BCUT2D eigenvalue weighted by atomic mass is 9.99. The summed E-state index contributed by atoms with van der Waals surface area (Å²) in [4.78, 5) is 13.0. The molecule has 0 radical (unpaired) electrons. The summed E-state index contributed by atoms with van der Waals surface area (Å²) in [5.74, 6) is 0. The molecular weight excluding hydrogens is 430 g/mol. The Morgan fingerprint density at radius 2 is 1.78 bits per heavy atom. The second-order valence-corrected chi connectivity index (χ2v) is 10.4. The highest BCUT2D eigenvalue weighted by Gasteiger charge is 2.34. The van der Waals surface area contributed by atoms with E-state index in [-0.39, 0.29) is 6.04 Å². The summed E-state index contributed by atoms with van der Waals surface area (Å²) in [6.07, 6.45) is 10.2. The van der Waals surface area contributed by atoms with Gasteiger partial charge in [-0.05, 0) is 73.6 Å². The molecule has 2 amide bonds. The van der Waals surface area contributed by atoms with Crippen LogP contribution in [0.1, 0.15) is 47.9 Å². The Balaban J connectivity index is 1.41. The molecule has 1 aromatic heterocycles. The van der Waals surface area contributed by atoms with E-state index in [2.05, 4.69) is 21.2 Å². The number of carbonyl (C=O) groups is 1. The minimum Gasteiger partial charge on any atom is -0.381 e. The van der Waals surface area contributed by atoms with Gasteiger partial charge in [0.1, 0.15) is 0 Å². The van der Waals surface area contributed by atoms with Gasteiger partial charge >= 0.3 is 16.2 Å². The van der Waals surface area contributed by atoms with Gasteiger partial charge in [0.25, 0.3) is 0 Å². The lowest BCUT2D eigenvalue weighted by Gasteiger charge is -2.33. The van der Waals surface area contributed by atoms with Crippen molar-refractivity contribution in [1.82, 2.24) is 14.5 Å². The van der Waals surface area contributed by atoms with E-state index in [1.54, 1.807) is 17.9 Å². The zero-order valence-corrected chi connectivity index (χ0v) is 19.1. The van der Waals surface area contributed by atoms with Crippen LogP contribution in [0, 0.1) is 0 Å². The number of carbonyl (C=O) groups excluding carboxylic acids is 1. The molecule has 1 saturated heterocycles. The molecule has 0 spiro atoms. The van der Waals surface area contributed by atoms with Crippen molar-refractivity contribution in [3.8, 4) is 0 Å². The Kier molecular flexibility index (Phi) is 5.58. The first-order chi connectivity index (χ1) is 15.4. The molecule has 1 aliphatic heterocycles. The zero-order chi connectivity index (χ0) is 22.3. The summed E-state index contributed by atoms with van der Waals surface area (Å²) in [5, 5.41) is 7.03. The van der Waals surface area contributed by atoms with E-state index >= 15 is 0 Å². The number of nitrogens with zero attached hydrogens (tertiary/aromatic N) is 3. The minimum atomic E-state index is -4.15. The number of aromatic nitrogens is 2. The fourth-order valence-corrected chi connectivity index (χ4v) is 6.62. The summed E-state index contributed by atoms with van der Waals surface area (Å²) >= 11 is 0. The number of amides is 2. The SMILES string of the molecule is Cn1cc(N(C2CCOCC2)S(=O)(=O)NC(=O)Nc2c3c(cc4c2CCC4)CCC3)cn1. The van der Waals surface area contributed by atoms with E-state index in [9.17, 15) is 13.2 Å². The first-order valence-electron chi connectivity index (χ1n) is 11.3. The van der Waals surface area contributed by atoms with Crippen LogP contribution >= 0.6 is 0 Å². The van der Waals surface area contributed by atoms with E-state index in [1.807, 2.05) is 0 Å². The van der Waals surface area contributed by atoms with Gasteiger partial charge in [-0.1, -0.05) is 6.07 Å². The number of anilines is 2. The van der Waals surface area contributed by atoms with Crippen LogP contribution < -0.4 is 14.3 Å². The maximum atomic E-state index is 13.4. The molecule has 2 N–H and O–H groups in total. The van der Waals surface area contributed by atoms with Gasteiger partial charge in [-0.2, -0.15) is 13.5 Å². The standard InChI is InChI=1S/C22H29N5O4S/c1-26-14-18(13-23-26)27(17-8-10-31-11-9-17)32(29,30)25-22(28)24-21-19-6-2-4-15(19)12-16-5-3-7-20(16)21/h12-14,17H,2-11H2,1H3,(H2,24,25,28). The van der Waals surface area contributed by atoms with Crippen molar-refractivity contribution in [3.63, 3.8) is 0 Å². The van der Waals surface area contributed by atoms with Crippen LogP contribution in [0.3, 0.4) is 0 Å². The highest BCUT2D eigenvalue weighted by molar-refractivity contribution is 7.91. The third-order valence-electron chi connectivity index (χ3n) is 6.66. The molecule has 0 unspecified atom stereocenters. The predicted molar refractivity (Wildman–Crippen MR) is 121 cm³/mol. The molecule has 32 heavy (non-hydrogen) atoms. The van der Waals surface area contributed by atoms with Crippen LogP contribution in [0.5, 0.6) is 0 Å². The van der Waals surface area contributed by atoms with Gasteiger partial charge in [0.15, 0.2) is 0 Å². The fraction of sp³-hybridized carbons (Fsp3) is 0.545. The maximum Gasteiger partial charge on any atom is 0.334 e. The lowest BCUT2D eigenvalue weighted by Crippen LogP contribution is -2.51. The Morgan fingerprint density at radius 3 is 2.38 bits per heavy atom.